The second-order valence-corrected chi connectivity index (χ2v) is 10.9. The second-order valence-electron chi connectivity index (χ2n) is 10.5. The number of aromatic nitrogens is 1. The maximum Gasteiger partial charge on any atom is 0.326 e. The molecule has 2 unspecified atom stereocenters. The molecule has 1 saturated carbocycles. The summed E-state index contributed by atoms with van der Waals surface area (Å²) in [6.45, 7) is -0.112. The minimum Gasteiger partial charge on any atom is -0.351 e. The number of hydrogen-bond acceptors (Lipinski definition) is 5. The van der Waals surface area contributed by atoms with E-state index in [1.165, 1.54) is 48.5 Å². The summed E-state index contributed by atoms with van der Waals surface area (Å²) in [6.07, 6.45) is 5.46. The predicted molar refractivity (Wildman–Crippen MR) is 148 cm³/mol. The highest BCUT2D eigenvalue weighted by Crippen LogP contribution is 2.39. The van der Waals surface area contributed by atoms with Crippen LogP contribution >= 0.6 is 11.6 Å². The molecular formula is C29H26ClF3N6O3. The zero-order valence-corrected chi connectivity index (χ0v) is 23.1. The van der Waals surface area contributed by atoms with Gasteiger partial charge in [-0.3, -0.25) is 19.4 Å². The monoisotopic (exact) mass is 598 g/mol. The van der Waals surface area contributed by atoms with Gasteiger partial charge in [0, 0.05) is 48.8 Å². The summed E-state index contributed by atoms with van der Waals surface area (Å²) >= 11 is 6.57. The number of nitriles is 1. The second kappa shape index (κ2) is 11.5. The van der Waals surface area contributed by atoms with Gasteiger partial charge in [-0.05, 0) is 42.8 Å². The van der Waals surface area contributed by atoms with Gasteiger partial charge in [-0.2, -0.15) is 5.26 Å². The smallest absolute Gasteiger partial charge is 0.326 e. The quantitative estimate of drug-likeness (QED) is 0.510. The molecule has 3 aliphatic rings. The Morgan fingerprint density at radius 2 is 2.02 bits per heavy atom. The highest BCUT2D eigenvalue weighted by molar-refractivity contribution is 6.30. The van der Waals surface area contributed by atoms with E-state index in [9.17, 15) is 32.8 Å². The van der Waals surface area contributed by atoms with Gasteiger partial charge in [0.05, 0.1) is 18.2 Å². The zero-order valence-electron chi connectivity index (χ0n) is 22.4. The molecule has 42 heavy (non-hydrogen) atoms. The van der Waals surface area contributed by atoms with Crippen LogP contribution in [-0.4, -0.2) is 65.4 Å². The molecule has 2 fully saturated rings. The summed E-state index contributed by atoms with van der Waals surface area (Å²) in [5.74, 6) is -5.84. The first-order valence-corrected chi connectivity index (χ1v) is 13.6. The van der Waals surface area contributed by atoms with E-state index in [-0.39, 0.29) is 35.1 Å². The van der Waals surface area contributed by atoms with E-state index in [1.807, 2.05) is 6.07 Å². The lowest BCUT2D eigenvalue weighted by Crippen LogP contribution is -2.61. The van der Waals surface area contributed by atoms with Crippen LogP contribution in [0.1, 0.15) is 24.8 Å². The van der Waals surface area contributed by atoms with Gasteiger partial charge in [-0.15, -0.1) is 0 Å². The number of hydrogen-bond donors (Lipinski definition) is 1. The molecule has 0 radical (unpaired) electrons. The Morgan fingerprint density at radius 1 is 1.26 bits per heavy atom. The highest BCUT2D eigenvalue weighted by atomic mass is 35.5. The third kappa shape index (κ3) is 5.69. The Bertz CT molecular complexity index is 1520. The molecule has 2 aliphatic carbocycles. The summed E-state index contributed by atoms with van der Waals surface area (Å²) in [5.41, 5.74) is 0.217. The molecule has 3 atom stereocenters. The number of halogens is 4. The lowest BCUT2D eigenvalue weighted by molar-refractivity contribution is -0.133. The molecule has 1 aromatic heterocycles. The van der Waals surface area contributed by atoms with Crippen LogP contribution < -0.4 is 15.1 Å². The highest BCUT2D eigenvalue weighted by Gasteiger charge is 2.50. The van der Waals surface area contributed by atoms with Crippen LogP contribution in [0.2, 0.25) is 0 Å². The van der Waals surface area contributed by atoms with Crippen molar-refractivity contribution in [2.75, 3.05) is 23.4 Å². The van der Waals surface area contributed by atoms with Crippen molar-refractivity contribution < 1.29 is 27.6 Å². The minimum absolute atomic E-state index is 0.0128. The van der Waals surface area contributed by atoms with Gasteiger partial charge >= 0.3 is 6.03 Å². The molecule has 0 bridgehead atoms. The Kier molecular flexibility index (Phi) is 7.97. The molecule has 2 heterocycles. The van der Waals surface area contributed by atoms with Crippen molar-refractivity contribution in [3.05, 3.63) is 77.2 Å². The van der Waals surface area contributed by atoms with Gasteiger partial charge in [0.1, 0.15) is 23.7 Å². The summed E-state index contributed by atoms with van der Waals surface area (Å²) in [4.78, 5) is 49.4. The maximum absolute atomic E-state index is 14.6. The number of anilines is 2. The van der Waals surface area contributed by atoms with Crippen LogP contribution in [0, 0.1) is 23.1 Å². The van der Waals surface area contributed by atoms with Crippen LogP contribution in [0.3, 0.4) is 0 Å². The summed E-state index contributed by atoms with van der Waals surface area (Å²) in [6, 6.07) is 5.80. The Labute approximate surface area is 244 Å². The van der Waals surface area contributed by atoms with E-state index in [4.69, 9.17) is 11.6 Å². The van der Waals surface area contributed by atoms with Crippen LogP contribution in [0.5, 0.6) is 0 Å². The number of rotatable bonds is 7. The lowest BCUT2D eigenvalue weighted by atomic mass is 9.86. The van der Waals surface area contributed by atoms with E-state index in [0.29, 0.717) is 0 Å². The van der Waals surface area contributed by atoms with Crippen molar-refractivity contribution in [2.45, 2.75) is 43.3 Å². The largest absolute Gasteiger partial charge is 0.351 e. The summed E-state index contributed by atoms with van der Waals surface area (Å²) in [7, 11) is 1.48. The van der Waals surface area contributed by atoms with Gasteiger partial charge in [0.25, 0.3) is 11.8 Å². The number of pyridine rings is 1. The standard InChI is InChI=1S/C29H26ClF3N6O3/c1-37-16-23(39(28(37)42)24-11-17(15-34)9-10-35-24)27(41)38(20-6-4-5-18(31)12-20)25(21-7-2-3-8-22(21)30)26(40)36-19-13-29(32,33)14-19/h2-6,8-12,19,21,23,25H,7,13-14,16H2,1H3,(H,36,40)/t21?,23-,25?/m0/s1. The number of urea groups is 1. The van der Waals surface area contributed by atoms with E-state index < -0.39 is 66.5 Å². The lowest BCUT2D eigenvalue weighted by Gasteiger charge is -2.41. The topological polar surface area (TPSA) is 110 Å². The number of amides is 4. The number of allylic oxidation sites excluding steroid dienone is 3. The molecule has 4 amide bonds. The summed E-state index contributed by atoms with van der Waals surface area (Å²) < 4.78 is 41.8. The maximum atomic E-state index is 14.6. The number of benzene rings is 1. The van der Waals surface area contributed by atoms with Crippen LogP contribution in [0.15, 0.2) is 65.9 Å². The van der Waals surface area contributed by atoms with Crippen molar-refractivity contribution in [3.63, 3.8) is 0 Å². The first-order valence-electron chi connectivity index (χ1n) is 13.2. The average molecular weight is 599 g/mol. The molecule has 1 N–H and O–H groups in total. The van der Waals surface area contributed by atoms with Gasteiger partial charge < -0.3 is 10.2 Å². The van der Waals surface area contributed by atoms with Crippen molar-refractivity contribution in [2.24, 2.45) is 5.92 Å². The van der Waals surface area contributed by atoms with Crippen LogP contribution in [0.25, 0.3) is 0 Å². The fraction of sp³-hybridized carbons (Fsp3) is 0.345. The fourth-order valence-electron chi connectivity index (χ4n) is 5.44. The van der Waals surface area contributed by atoms with Crippen LogP contribution in [0.4, 0.5) is 29.5 Å². The molecule has 9 nitrogen and oxygen atoms in total. The molecule has 5 rings (SSSR count). The van der Waals surface area contributed by atoms with Crippen molar-refractivity contribution in [1.82, 2.24) is 15.2 Å². The van der Waals surface area contributed by atoms with Crippen molar-refractivity contribution in [1.29, 1.82) is 5.26 Å². The molecule has 0 spiro atoms. The minimum atomic E-state index is -2.91. The average Bonchev–Trinajstić information content (AvgIpc) is 3.24. The van der Waals surface area contributed by atoms with E-state index >= 15 is 0 Å². The Hall–Kier alpha value is -4.37. The van der Waals surface area contributed by atoms with Crippen LogP contribution in [-0.2, 0) is 9.59 Å². The van der Waals surface area contributed by atoms with Gasteiger partial charge in [-0.25, -0.2) is 22.9 Å². The van der Waals surface area contributed by atoms with E-state index in [0.717, 1.165) is 15.9 Å². The number of nitrogens with zero attached hydrogens (tertiary/aromatic N) is 5. The van der Waals surface area contributed by atoms with Crippen molar-refractivity contribution in [3.8, 4) is 6.07 Å². The van der Waals surface area contributed by atoms with Crippen molar-refractivity contribution >= 4 is 41.0 Å². The molecule has 218 valence electrons. The first kappa shape index (κ1) is 29.1. The molecule has 13 heteroatoms. The molecule has 1 aromatic carbocycles. The molecular weight excluding hydrogens is 573 g/mol. The third-order valence-electron chi connectivity index (χ3n) is 7.52. The predicted octanol–water partition coefficient (Wildman–Crippen LogP) is 4.35. The normalized spacial score (nSPS) is 22.2. The third-order valence-corrected chi connectivity index (χ3v) is 7.93. The number of carbonyl (C=O) groups is 3. The molecule has 1 aliphatic heterocycles. The van der Waals surface area contributed by atoms with Gasteiger partial charge in [0.2, 0.25) is 5.91 Å². The van der Waals surface area contributed by atoms with E-state index in [1.54, 1.807) is 18.2 Å². The first-order chi connectivity index (χ1) is 20.0. The van der Waals surface area contributed by atoms with Gasteiger partial charge in [0.15, 0.2) is 0 Å². The SMILES string of the molecule is CN1C[C@@H](C(=O)N(c2cccc(F)c2)C(C(=O)NC2CC(F)(F)C2)C2CC=CC=C2Cl)N(c2cc(C#N)ccn2)C1=O. The Morgan fingerprint density at radius 3 is 2.69 bits per heavy atom. The number of nitrogens with one attached hydrogen (secondary N) is 1. The Balaban J connectivity index is 1.60. The zero-order chi connectivity index (χ0) is 30.2. The number of alkyl halides is 2. The molecule has 1 saturated heterocycles. The van der Waals surface area contributed by atoms with E-state index in [2.05, 4.69) is 10.3 Å². The fourth-order valence-corrected chi connectivity index (χ4v) is 5.73. The number of carbonyl (C=O) groups excluding carboxylic acids is 3. The van der Waals surface area contributed by atoms with Gasteiger partial charge in [-0.1, -0.05) is 29.8 Å². The molecule has 2 aromatic rings. The summed E-state index contributed by atoms with van der Waals surface area (Å²) in [5, 5.41) is 12.2. The number of likely N-dealkylation sites (N-methyl/N-ethyl adjacent to an activating group) is 1.